The summed E-state index contributed by atoms with van der Waals surface area (Å²) >= 11 is 12.5. The van der Waals surface area contributed by atoms with Crippen LogP contribution in [0.2, 0.25) is 10.0 Å². The van der Waals surface area contributed by atoms with Crippen molar-refractivity contribution in [1.29, 1.82) is 0 Å². The number of esters is 1. The molecule has 1 unspecified atom stereocenters. The molecule has 29 heavy (non-hydrogen) atoms. The largest absolute Gasteiger partial charge is 0.468 e. The maximum absolute atomic E-state index is 12.6. The van der Waals surface area contributed by atoms with Crippen LogP contribution in [0, 0.1) is 0 Å². The lowest BCUT2D eigenvalue weighted by Gasteiger charge is -2.39. The van der Waals surface area contributed by atoms with Crippen LogP contribution in [0.15, 0.2) is 48.8 Å². The minimum atomic E-state index is -0.531. The Balaban J connectivity index is 1.57. The summed E-state index contributed by atoms with van der Waals surface area (Å²) in [6.45, 7) is 2.77. The Morgan fingerprint density at radius 3 is 2.55 bits per heavy atom. The van der Waals surface area contributed by atoms with Gasteiger partial charge in [-0.15, -0.1) is 0 Å². The lowest BCUT2D eigenvalue weighted by molar-refractivity contribution is -0.147. The van der Waals surface area contributed by atoms with E-state index >= 15 is 0 Å². The molecule has 0 aliphatic carbocycles. The van der Waals surface area contributed by atoms with Gasteiger partial charge in [0.15, 0.2) is 0 Å². The maximum Gasteiger partial charge on any atom is 0.327 e. The van der Waals surface area contributed by atoms with E-state index in [4.69, 9.17) is 27.9 Å². The molecule has 0 amide bonds. The Morgan fingerprint density at radius 1 is 1.07 bits per heavy atom. The summed E-state index contributed by atoms with van der Waals surface area (Å²) in [5, 5.41) is 2.16. The summed E-state index contributed by atoms with van der Waals surface area (Å²) in [4.78, 5) is 25.7. The third-order valence-corrected chi connectivity index (χ3v) is 5.76. The molecule has 1 aromatic heterocycles. The van der Waals surface area contributed by atoms with Crippen LogP contribution in [0.4, 0.5) is 5.82 Å². The predicted molar refractivity (Wildman–Crippen MR) is 115 cm³/mol. The van der Waals surface area contributed by atoms with Crippen molar-refractivity contribution in [2.24, 2.45) is 0 Å². The molecule has 4 rings (SSSR count). The van der Waals surface area contributed by atoms with Gasteiger partial charge in [0, 0.05) is 41.6 Å². The van der Waals surface area contributed by atoms with Gasteiger partial charge >= 0.3 is 5.97 Å². The second kappa shape index (κ2) is 8.53. The Morgan fingerprint density at radius 2 is 1.83 bits per heavy atom. The maximum atomic E-state index is 12.6. The third kappa shape index (κ3) is 4.01. The molecule has 0 bridgehead atoms. The average molecular weight is 431 g/mol. The number of hydrogen-bond acceptors (Lipinski definition) is 6. The fourth-order valence-electron chi connectivity index (χ4n) is 3.74. The van der Waals surface area contributed by atoms with E-state index in [9.17, 15) is 4.79 Å². The number of anilines is 1. The van der Waals surface area contributed by atoms with Gasteiger partial charge in [0.2, 0.25) is 0 Å². The van der Waals surface area contributed by atoms with E-state index in [1.807, 2.05) is 36.4 Å². The van der Waals surface area contributed by atoms with Gasteiger partial charge in [-0.1, -0.05) is 41.4 Å². The summed E-state index contributed by atoms with van der Waals surface area (Å²) in [5.41, 5.74) is 1.57. The third-order valence-electron chi connectivity index (χ3n) is 5.18. The molecule has 2 heterocycles. The summed E-state index contributed by atoms with van der Waals surface area (Å²) in [6, 6.07) is 12.5. The number of carbonyl (C=O) groups excluding carboxylic acids is 1. The van der Waals surface area contributed by atoms with Crippen LogP contribution >= 0.6 is 23.2 Å². The van der Waals surface area contributed by atoms with E-state index in [1.54, 1.807) is 12.4 Å². The molecule has 1 saturated heterocycles. The Hall–Kier alpha value is -2.41. The predicted octanol–water partition coefficient (Wildman–Crippen LogP) is 3.97. The van der Waals surface area contributed by atoms with Crippen molar-refractivity contribution in [3.63, 3.8) is 0 Å². The quantitative estimate of drug-likeness (QED) is 0.583. The zero-order valence-electron chi connectivity index (χ0n) is 15.9. The van der Waals surface area contributed by atoms with Crippen LogP contribution in [-0.2, 0) is 9.53 Å². The first kappa shape index (κ1) is 19.9. The van der Waals surface area contributed by atoms with Crippen molar-refractivity contribution in [3.05, 3.63) is 64.4 Å². The molecule has 150 valence electrons. The van der Waals surface area contributed by atoms with E-state index in [1.165, 1.54) is 7.11 Å². The van der Waals surface area contributed by atoms with Crippen molar-refractivity contribution in [2.75, 3.05) is 38.2 Å². The molecule has 0 saturated carbocycles. The van der Waals surface area contributed by atoms with E-state index in [2.05, 4.69) is 19.8 Å². The standard InChI is InChI=1S/C21H20Cl2N4O2/c1-29-21(28)19(15-4-2-3-5-17(15)23)26-8-10-27(11-9-26)20-16-7-6-14(22)12-18(16)24-13-25-20/h2-7,12-13,19H,8-11H2,1H3. The van der Waals surface area contributed by atoms with Gasteiger partial charge in [0.25, 0.3) is 0 Å². The van der Waals surface area contributed by atoms with Gasteiger partial charge in [-0.3, -0.25) is 4.90 Å². The number of benzene rings is 2. The number of aromatic nitrogens is 2. The topological polar surface area (TPSA) is 58.6 Å². The van der Waals surface area contributed by atoms with E-state index < -0.39 is 6.04 Å². The van der Waals surface area contributed by atoms with Crippen molar-refractivity contribution in [3.8, 4) is 0 Å². The smallest absolute Gasteiger partial charge is 0.327 e. The fourth-order valence-corrected chi connectivity index (χ4v) is 4.15. The van der Waals surface area contributed by atoms with Crippen molar-refractivity contribution in [2.45, 2.75) is 6.04 Å². The molecular weight excluding hydrogens is 411 g/mol. The lowest BCUT2D eigenvalue weighted by atomic mass is 10.0. The number of piperazine rings is 1. The van der Waals surface area contributed by atoms with E-state index in [0.717, 1.165) is 22.3 Å². The normalized spacial score (nSPS) is 16.0. The molecule has 6 nitrogen and oxygen atoms in total. The van der Waals surface area contributed by atoms with Gasteiger partial charge in [-0.2, -0.15) is 0 Å². The molecule has 3 aromatic rings. The highest BCUT2D eigenvalue weighted by atomic mass is 35.5. The first-order chi connectivity index (χ1) is 14.1. The van der Waals surface area contributed by atoms with Crippen molar-refractivity contribution >= 4 is 45.9 Å². The van der Waals surface area contributed by atoms with Gasteiger partial charge < -0.3 is 9.64 Å². The molecule has 0 radical (unpaired) electrons. The summed E-state index contributed by atoms with van der Waals surface area (Å²) in [5.74, 6) is 0.562. The van der Waals surface area contributed by atoms with Crippen LogP contribution in [-0.4, -0.2) is 54.1 Å². The minimum absolute atomic E-state index is 0.311. The number of ether oxygens (including phenoxy) is 1. The SMILES string of the molecule is COC(=O)C(c1ccccc1Cl)N1CCN(c2ncnc3cc(Cl)ccc23)CC1. The highest BCUT2D eigenvalue weighted by Gasteiger charge is 2.33. The second-order valence-electron chi connectivity index (χ2n) is 6.83. The zero-order valence-corrected chi connectivity index (χ0v) is 17.4. The molecule has 0 spiro atoms. The number of methoxy groups -OCH3 is 1. The number of halogens is 2. The van der Waals surface area contributed by atoms with E-state index in [-0.39, 0.29) is 5.97 Å². The lowest BCUT2D eigenvalue weighted by Crippen LogP contribution is -2.49. The van der Waals surface area contributed by atoms with Gasteiger partial charge in [-0.25, -0.2) is 14.8 Å². The molecule has 1 aliphatic heterocycles. The molecule has 8 heteroatoms. The number of rotatable bonds is 4. The fraction of sp³-hybridized carbons (Fsp3) is 0.286. The Labute approximate surface area is 179 Å². The number of fused-ring (bicyclic) bond motifs is 1. The zero-order chi connectivity index (χ0) is 20.4. The molecule has 1 atom stereocenters. The van der Waals surface area contributed by atoms with Crippen molar-refractivity contribution < 1.29 is 9.53 Å². The van der Waals surface area contributed by atoms with Gasteiger partial charge in [0.1, 0.15) is 18.2 Å². The summed E-state index contributed by atoms with van der Waals surface area (Å²) in [6.07, 6.45) is 1.56. The first-order valence-electron chi connectivity index (χ1n) is 9.30. The van der Waals surface area contributed by atoms with Gasteiger partial charge in [0.05, 0.1) is 12.6 Å². The highest BCUT2D eigenvalue weighted by molar-refractivity contribution is 6.31. The summed E-state index contributed by atoms with van der Waals surface area (Å²) in [7, 11) is 1.40. The first-order valence-corrected chi connectivity index (χ1v) is 10.1. The van der Waals surface area contributed by atoms with Crippen LogP contribution < -0.4 is 4.90 Å². The van der Waals surface area contributed by atoms with Crippen LogP contribution in [0.3, 0.4) is 0 Å². The number of hydrogen-bond donors (Lipinski definition) is 0. The molecule has 2 aromatic carbocycles. The minimum Gasteiger partial charge on any atom is -0.468 e. The number of nitrogens with zero attached hydrogens (tertiary/aromatic N) is 4. The second-order valence-corrected chi connectivity index (χ2v) is 7.67. The number of carbonyl (C=O) groups is 1. The molecule has 0 N–H and O–H groups in total. The monoisotopic (exact) mass is 430 g/mol. The molecule has 1 aliphatic rings. The molecule has 1 fully saturated rings. The van der Waals surface area contributed by atoms with Crippen LogP contribution in [0.1, 0.15) is 11.6 Å². The van der Waals surface area contributed by atoms with Crippen LogP contribution in [0.25, 0.3) is 10.9 Å². The molecular formula is C21H20Cl2N4O2. The average Bonchev–Trinajstić information content (AvgIpc) is 2.75. The van der Waals surface area contributed by atoms with E-state index in [0.29, 0.717) is 36.2 Å². The highest BCUT2D eigenvalue weighted by Crippen LogP contribution is 2.31. The van der Waals surface area contributed by atoms with Crippen molar-refractivity contribution in [1.82, 2.24) is 14.9 Å². The Bertz CT molecular complexity index is 1040. The van der Waals surface area contributed by atoms with Gasteiger partial charge in [-0.05, 0) is 29.8 Å². The summed E-state index contributed by atoms with van der Waals surface area (Å²) < 4.78 is 5.07. The Kier molecular flexibility index (Phi) is 5.85. The van der Waals surface area contributed by atoms with Crippen LogP contribution in [0.5, 0.6) is 0 Å².